The molecule has 20 heavy (non-hydrogen) atoms. The van der Waals surface area contributed by atoms with E-state index < -0.39 is 0 Å². The first kappa shape index (κ1) is 14.8. The second-order valence-electron chi connectivity index (χ2n) is 8.11. The molecule has 2 aliphatic carbocycles. The molecule has 0 aromatic rings. The van der Waals surface area contributed by atoms with Crippen LogP contribution in [0, 0.1) is 17.8 Å². The van der Waals surface area contributed by atoms with Gasteiger partial charge in [-0.25, -0.2) is 0 Å². The molecule has 1 heterocycles. The van der Waals surface area contributed by atoms with Crippen molar-refractivity contribution in [1.29, 1.82) is 0 Å². The third-order valence-corrected chi connectivity index (χ3v) is 6.02. The largest absolute Gasteiger partial charge is 0.313 e. The molecule has 3 fully saturated rings. The highest BCUT2D eigenvalue weighted by Crippen LogP contribution is 2.41. The SMILES string of the molecule is CC1CCC(C(C)C)C(N(CC2CCCN2)C2CC2)C1. The molecule has 1 aliphatic heterocycles. The number of hydrogen-bond donors (Lipinski definition) is 1. The van der Waals surface area contributed by atoms with Gasteiger partial charge in [0.15, 0.2) is 0 Å². The van der Waals surface area contributed by atoms with E-state index in [0.29, 0.717) is 0 Å². The average molecular weight is 278 g/mol. The lowest BCUT2D eigenvalue weighted by atomic mass is 9.73. The summed E-state index contributed by atoms with van der Waals surface area (Å²) in [6.45, 7) is 9.95. The van der Waals surface area contributed by atoms with Gasteiger partial charge < -0.3 is 5.32 Å². The van der Waals surface area contributed by atoms with Crippen molar-refractivity contribution in [2.45, 2.75) is 83.8 Å². The van der Waals surface area contributed by atoms with E-state index in [1.165, 1.54) is 58.0 Å². The Morgan fingerprint density at radius 3 is 2.50 bits per heavy atom. The smallest absolute Gasteiger partial charge is 0.0195 e. The van der Waals surface area contributed by atoms with Crippen molar-refractivity contribution >= 4 is 0 Å². The highest BCUT2D eigenvalue weighted by atomic mass is 15.2. The van der Waals surface area contributed by atoms with Gasteiger partial charge >= 0.3 is 0 Å². The fourth-order valence-corrected chi connectivity index (χ4v) is 4.66. The first-order valence-electron chi connectivity index (χ1n) is 9.14. The second kappa shape index (κ2) is 6.36. The summed E-state index contributed by atoms with van der Waals surface area (Å²) in [5, 5.41) is 3.72. The maximum absolute atomic E-state index is 3.72. The maximum Gasteiger partial charge on any atom is 0.0195 e. The van der Waals surface area contributed by atoms with Gasteiger partial charge in [0.2, 0.25) is 0 Å². The first-order valence-corrected chi connectivity index (χ1v) is 9.14. The summed E-state index contributed by atoms with van der Waals surface area (Å²) in [7, 11) is 0. The molecule has 0 bridgehead atoms. The van der Waals surface area contributed by atoms with Crippen LogP contribution < -0.4 is 5.32 Å². The summed E-state index contributed by atoms with van der Waals surface area (Å²) in [4.78, 5) is 2.95. The van der Waals surface area contributed by atoms with Gasteiger partial charge in [-0.15, -0.1) is 0 Å². The minimum absolute atomic E-state index is 0.778. The van der Waals surface area contributed by atoms with Crippen LogP contribution in [-0.2, 0) is 0 Å². The molecule has 1 N–H and O–H groups in total. The molecule has 116 valence electrons. The average Bonchev–Trinajstić information content (AvgIpc) is 3.12. The highest BCUT2D eigenvalue weighted by Gasteiger charge is 2.41. The Kier molecular flexibility index (Phi) is 4.72. The molecule has 3 aliphatic rings. The molecule has 0 aromatic heterocycles. The number of rotatable bonds is 5. The van der Waals surface area contributed by atoms with Crippen LogP contribution >= 0.6 is 0 Å². The van der Waals surface area contributed by atoms with Gasteiger partial charge in [0.05, 0.1) is 0 Å². The van der Waals surface area contributed by atoms with Crippen molar-refractivity contribution in [3.63, 3.8) is 0 Å². The van der Waals surface area contributed by atoms with Crippen molar-refractivity contribution < 1.29 is 0 Å². The van der Waals surface area contributed by atoms with Gasteiger partial charge in [0.25, 0.3) is 0 Å². The highest BCUT2D eigenvalue weighted by molar-refractivity contribution is 4.96. The van der Waals surface area contributed by atoms with E-state index in [0.717, 1.165) is 35.9 Å². The summed E-state index contributed by atoms with van der Waals surface area (Å²) in [5.74, 6) is 2.73. The topological polar surface area (TPSA) is 15.3 Å². The Hall–Kier alpha value is -0.0800. The summed E-state index contributed by atoms with van der Waals surface area (Å²) in [5.41, 5.74) is 0. The molecule has 2 nitrogen and oxygen atoms in total. The molecular formula is C18H34N2. The van der Waals surface area contributed by atoms with Crippen LogP contribution in [0.4, 0.5) is 0 Å². The zero-order chi connectivity index (χ0) is 14.1. The third-order valence-electron chi connectivity index (χ3n) is 6.02. The van der Waals surface area contributed by atoms with Gasteiger partial charge in [0.1, 0.15) is 0 Å². The van der Waals surface area contributed by atoms with E-state index in [-0.39, 0.29) is 0 Å². The van der Waals surface area contributed by atoms with Crippen molar-refractivity contribution in [2.24, 2.45) is 17.8 Å². The summed E-state index contributed by atoms with van der Waals surface area (Å²) in [6.07, 6.45) is 10.1. The lowest BCUT2D eigenvalue weighted by molar-refractivity contribution is 0.0476. The fraction of sp³-hybridized carbons (Fsp3) is 1.00. The lowest BCUT2D eigenvalue weighted by Gasteiger charge is -2.45. The molecular weight excluding hydrogens is 244 g/mol. The van der Waals surface area contributed by atoms with Crippen molar-refractivity contribution in [2.75, 3.05) is 13.1 Å². The van der Waals surface area contributed by atoms with Crippen LogP contribution in [0.5, 0.6) is 0 Å². The zero-order valence-electron chi connectivity index (χ0n) is 13.8. The second-order valence-corrected chi connectivity index (χ2v) is 8.11. The molecule has 0 aromatic carbocycles. The molecule has 2 saturated carbocycles. The predicted octanol–water partition coefficient (Wildman–Crippen LogP) is 3.66. The standard InChI is InChI=1S/C18H34N2/c1-13(2)17-9-6-14(3)11-18(17)20(16-7-8-16)12-15-5-4-10-19-15/h13-19H,4-12H2,1-3H3. The number of nitrogens with zero attached hydrogens (tertiary/aromatic N) is 1. The van der Waals surface area contributed by atoms with Crippen LogP contribution in [0.3, 0.4) is 0 Å². The van der Waals surface area contributed by atoms with Crippen molar-refractivity contribution in [3.05, 3.63) is 0 Å². The number of hydrogen-bond acceptors (Lipinski definition) is 2. The van der Waals surface area contributed by atoms with Gasteiger partial charge in [-0.1, -0.05) is 27.2 Å². The third kappa shape index (κ3) is 3.39. The molecule has 4 unspecified atom stereocenters. The number of nitrogens with one attached hydrogen (secondary N) is 1. The predicted molar refractivity (Wildman–Crippen MR) is 85.9 cm³/mol. The lowest BCUT2D eigenvalue weighted by Crippen LogP contribution is -2.51. The summed E-state index contributed by atoms with van der Waals surface area (Å²) < 4.78 is 0. The van der Waals surface area contributed by atoms with E-state index in [9.17, 15) is 0 Å². The Bertz CT molecular complexity index is 305. The van der Waals surface area contributed by atoms with Crippen LogP contribution in [0.25, 0.3) is 0 Å². The van der Waals surface area contributed by atoms with Gasteiger partial charge in [-0.05, 0) is 62.8 Å². The van der Waals surface area contributed by atoms with Crippen LogP contribution in [-0.4, -0.2) is 36.1 Å². The fourth-order valence-electron chi connectivity index (χ4n) is 4.66. The van der Waals surface area contributed by atoms with E-state index >= 15 is 0 Å². The Balaban J connectivity index is 1.69. The molecule has 4 atom stereocenters. The van der Waals surface area contributed by atoms with Crippen LogP contribution in [0.2, 0.25) is 0 Å². The maximum atomic E-state index is 3.72. The van der Waals surface area contributed by atoms with Crippen molar-refractivity contribution in [3.8, 4) is 0 Å². The van der Waals surface area contributed by atoms with Crippen LogP contribution in [0.1, 0.15) is 65.7 Å². The molecule has 3 rings (SSSR count). The van der Waals surface area contributed by atoms with Crippen LogP contribution in [0.15, 0.2) is 0 Å². The van der Waals surface area contributed by atoms with Gasteiger partial charge in [-0.2, -0.15) is 0 Å². The minimum Gasteiger partial charge on any atom is -0.313 e. The van der Waals surface area contributed by atoms with E-state index in [2.05, 4.69) is 31.0 Å². The van der Waals surface area contributed by atoms with E-state index in [1.807, 2.05) is 0 Å². The quantitative estimate of drug-likeness (QED) is 0.825. The van der Waals surface area contributed by atoms with Gasteiger partial charge in [-0.3, -0.25) is 4.90 Å². The normalized spacial score (nSPS) is 38.9. The Morgan fingerprint density at radius 2 is 1.90 bits per heavy atom. The Labute approximate surface area is 125 Å². The zero-order valence-corrected chi connectivity index (χ0v) is 13.8. The molecule has 0 amide bonds. The first-order chi connectivity index (χ1) is 9.65. The molecule has 0 radical (unpaired) electrons. The molecule has 2 heteroatoms. The summed E-state index contributed by atoms with van der Waals surface area (Å²) in [6, 6.07) is 2.57. The molecule has 0 spiro atoms. The van der Waals surface area contributed by atoms with Crippen molar-refractivity contribution in [1.82, 2.24) is 10.2 Å². The van der Waals surface area contributed by atoms with E-state index in [1.54, 1.807) is 0 Å². The molecule has 1 saturated heterocycles. The van der Waals surface area contributed by atoms with E-state index in [4.69, 9.17) is 0 Å². The minimum atomic E-state index is 0.778. The van der Waals surface area contributed by atoms with Gasteiger partial charge in [0, 0.05) is 24.7 Å². The summed E-state index contributed by atoms with van der Waals surface area (Å²) >= 11 is 0. The Morgan fingerprint density at radius 1 is 1.10 bits per heavy atom. The monoisotopic (exact) mass is 278 g/mol.